The quantitative estimate of drug-likeness (QED) is 0.342. The predicted octanol–water partition coefficient (Wildman–Crippen LogP) is 4.85. The molecule has 1 N–H and O–H groups in total. The summed E-state index contributed by atoms with van der Waals surface area (Å²) in [6.45, 7) is 4.04. The van der Waals surface area contributed by atoms with Crippen molar-refractivity contribution >= 4 is 32.4 Å². The minimum absolute atomic E-state index is 0.130. The molecular weight excluding hydrogens is 460 g/mol. The van der Waals surface area contributed by atoms with E-state index in [1.165, 1.54) is 12.1 Å². The molecule has 0 radical (unpaired) electrons. The maximum atomic E-state index is 13.4. The lowest BCUT2D eigenvalue weighted by Crippen LogP contribution is -2.42. The first kappa shape index (κ1) is 24.3. The van der Waals surface area contributed by atoms with E-state index in [1.54, 1.807) is 30.3 Å². The highest BCUT2D eigenvalue weighted by molar-refractivity contribution is 7.92. The molecule has 35 heavy (non-hydrogen) atoms. The number of fused-ring (bicyclic) bond motifs is 1. The minimum Gasteiger partial charge on any atom is -0.492 e. The average Bonchev–Trinajstić information content (AvgIpc) is 2.87. The molecule has 0 heterocycles. The van der Waals surface area contributed by atoms with Crippen molar-refractivity contribution in [2.24, 2.45) is 0 Å². The molecule has 180 valence electrons. The van der Waals surface area contributed by atoms with E-state index < -0.39 is 15.9 Å². The molecule has 0 aromatic heterocycles. The van der Waals surface area contributed by atoms with Gasteiger partial charge in [-0.05, 0) is 72.1 Å². The van der Waals surface area contributed by atoms with Crippen molar-refractivity contribution in [3.8, 4) is 5.75 Å². The maximum absolute atomic E-state index is 13.4. The van der Waals surface area contributed by atoms with E-state index in [9.17, 15) is 13.2 Å². The number of anilines is 1. The Bertz CT molecular complexity index is 1440. The highest BCUT2D eigenvalue weighted by Gasteiger charge is 2.27. The number of nitrogens with zero attached hydrogens (tertiary/aromatic N) is 1. The highest BCUT2D eigenvalue weighted by Crippen LogP contribution is 2.25. The normalized spacial score (nSPS) is 11.3. The zero-order chi connectivity index (χ0) is 24.8. The van der Waals surface area contributed by atoms with Gasteiger partial charge in [-0.2, -0.15) is 0 Å². The van der Waals surface area contributed by atoms with Crippen LogP contribution >= 0.6 is 0 Å². The fraction of sp³-hybridized carbons (Fsp3) is 0.179. The second kappa shape index (κ2) is 10.6. The largest absolute Gasteiger partial charge is 0.492 e. The third kappa shape index (κ3) is 5.81. The van der Waals surface area contributed by atoms with Crippen LogP contribution in [0.5, 0.6) is 5.75 Å². The van der Waals surface area contributed by atoms with E-state index in [0.717, 1.165) is 26.2 Å². The third-order valence-electron chi connectivity index (χ3n) is 5.81. The van der Waals surface area contributed by atoms with E-state index in [4.69, 9.17) is 4.74 Å². The number of aryl methyl sites for hydroxylation is 2. The molecule has 0 aliphatic carbocycles. The molecule has 0 unspecified atom stereocenters. The van der Waals surface area contributed by atoms with E-state index in [-0.39, 0.29) is 24.6 Å². The summed E-state index contributed by atoms with van der Waals surface area (Å²) in [5, 5.41) is 4.97. The molecule has 4 rings (SSSR count). The first-order valence-electron chi connectivity index (χ1n) is 11.4. The molecular formula is C28H28N2O4S. The Kier molecular flexibility index (Phi) is 7.36. The summed E-state index contributed by atoms with van der Waals surface area (Å²) in [6, 6.07) is 27.3. The van der Waals surface area contributed by atoms with E-state index in [2.05, 4.69) is 5.32 Å². The number of sulfonamides is 1. The summed E-state index contributed by atoms with van der Waals surface area (Å²) in [5.41, 5.74) is 2.43. The van der Waals surface area contributed by atoms with Gasteiger partial charge in [-0.3, -0.25) is 9.10 Å². The summed E-state index contributed by atoms with van der Waals surface area (Å²) in [6.07, 6.45) is 0. The lowest BCUT2D eigenvalue weighted by Gasteiger charge is -2.25. The minimum atomic E-state index is -3.93. The number of hydrogen-bond donors (Lipinski definition) is 1. The standard InChI is InChI=1S/C28H28N2O4S/c1-21-12-14-25(18-22(21)2)30(35(32,33)27-10-4-3-5-11-27)20-28(31)29-16-17-34-26-15-13-23-8-6-7-9-24(23)19-26/h3-15,18-19H,16-17,20H2,1-2H3,(H,29,31). The Morgan fingerprint density at radius 2 is 1.54 bits per heavy atom. The summed E-state index contributed by atoms with van der Waals surface area (Å²) < 4.78 is 33.7. The number of hydrogen-bond acceptors (Lipinski definition) is 4. The SMILES string of the molecule is Cc1ccc(N(CC(=O)NCCOc2ccc3ccccc3c2)S(=O)(=O)c2ccccc2)cc1C. The molecule has 1 amide bonds. The Morgan fingerprint density at radius 1 is 0.829 bits per heavy atom. The molecule has 0 atom stereocenters. The molecule has 4 aromatic rings. The van der Waals surface area contributed by atoms with Crippen molar-refractivity contribution < 1.29 is 17.9 Å². The van der Waals surface area contributed by atoms with E-state index >= 15 is 0 Å². The van der Waals surface area contributed by atoms with Gasteiger partial charge in [0.1, 0.15) is 18.9 Å². The first-order chi connectivity index (χ1) is 16.8. The van der Waals surface area contributed by atoms with Crippen LogP contribution in [0.1, 0.15) is 11.1 Å². The van der Waals surface area contributed by atoms with Gasteiger partial charge in [-0.25, -0.2) is 8.42 Å². The molecule has 0 aliphatic heterocycles. The molecule has 0 saturated heterocycles. The van der Waals surface area contributed by atoms with Gasteiger partial charge in [-0.15, -0.1) is 0 Å². The van der Waals surface area contributed by atoms with Crippen LogP contribution < -0.4 is 14.4 Å². The Hall–Kier alpha value is -3.84. The maximum Gasteiger partial charge on any atom is 0.264 e. The van der Waals surface area contributed by atoms with Gasteiger partial charge in [0, 0.05) is 0 Å². The Balaban J connectivity index is 1.43. The molecule has 0 saturated carbocycles. The van der Waals surface area contributed by atoms with Crippen LogP contribution in [-0.4, -0.2) is 34.0 Å². The van der Waals surface area contributed by atoms with Crippen LogP contribution in [0.15, 0.2) is 95.9 Å². The Labute approximate surface area is 206 Å². The van der Waals surface area contributed by atoms with Crippen molar-refractivity contribution in [1.29, 1.82) is 0 Å². The lowest BCUT2D eigenvalue weighted by atomic mass is 10.1. The summed E-state index contributed by atoms with van der Waals surface area (Å²) in [7, 11) is -3.93. The van der Waals surface area contributed by atoms with Crippen molar-refractivity contribution in [2.75, 3.05) is 24.0 Å². The molecule has 0 aliphatic rings. The zero-order valence-electron chi connectivity index (χ0n) is 19.8. The van der Waals surface area contributed by atoms with Gasteiger partial charge in [0.15, 0.2) is 0 Å². The predicted molar refractivity (Wildman–Crippen MR) is 139 cm³/mol. The summed E-state index contributed by atoms with van der Waals surface area (Å²) >= 11 is 0. The van der Waals surface area contributed by atoms with Crippen molar-refractivity contribution in [3.05, 3.63) is 102 Å². The number of nitrogens with one attached hydrogen (secondary N) is 1. The molecule has 0 fully saturated rings. The third-order valence-corrected chi connectivity index (χ3v) is 7.60. The second-order valence-corrected chi connectivity index (χ2v) is 10.2. The van der Waals surface area contributed by atoms with Gasteiger partial charge >= 0.3 is 0 Å². The molecule has 4 aromatic carbocycles. The summed E-state index contributed by atoms with van der Waals surface area (Å²) in [4.78, 5) is 12.9. The number of benzene rings is 4. The molecule has 0 bridgehead atoms. The average molecular weight is 489 g/mol. The van der Waals surface area contributed by atoms with Crippen molar-refractivity contribution in [1.82, 2.24) is 5.32 Å². The Morgan fingerprint density at radius 3 is 2.29 bits per heavy atom. The van der Waals surface area contributed by atoms with Gasteiger partial charge in [-0.1, -0.05) is 54.6 Å². The van der Waals surface area contributed by atoms with E-state index in [1.807, 2.05) is 62.4 Å². The van der Waals surface area contributed by atoms with Crippen molar-refractivity contribution in [3.63, 3.8) is 0 Å². The number of rotatable bonds is 9. The molecule has 6 nitrogen and oxygen atoms in total. The monoisotopic (exact) mass is 488 g/mol. The summed E-state index contributed by atoms with van der Waals surface area (Å²) in [5.74, 6) is 0.297. The van der Waals surface area contributed by atoms with Crippen LogP contribution in [0.3, 0.4) is 0 Å². The molecule has 0 spiro atoms. The van der Waals surface area contributed by atoms with E-state index in [0.29, 0.717) is 11.4 Å². The van der Waals surface area contributed by atoms with Crippen LogP contribution in [-0.2, 0) is 14.8 Å². The fourth-order valence-electron chi connectivity index (χ4n) is 3.72. The van der Waals surface area contributed by atoms with Gasteiger partial charge in [0.25, 0.3) is 10.0 Å². The van der Waals surface area contributed by atoms with Crippen LogP contribution in [0, 0.1) is 13.8 Å². The molecule has 7 heteroatoms. The van der Waals surface area contributed by atoms with Crippen LogP contribution in [0.4, 0.5) is 5.69 Å². The van der Waals surface area contributed by atoms with Gasteiger partial charge < -0.3 is 10.1 Å². The van der Waals surface area contributed by atoms with Crippen molar-refractivity contribution in [2.45, 2.75) is 18.7 Å². The van der Waals surface area contributed by atoms with Gasteiger partial charge in [0.05, 0.1) is 17.1 Å². The number of ether oxygens (including phenoxy) is 1. The number of carbonyl (C=O) groups excluding carboxylic acids is 1. The lowest BCUT2D eigenvalue weighted by molar-refractivity contribution is -0.119. The smallest absolute Gasteiger partial charge is 0.264 e. The zero-order valence-corrected chi connectivity index (χ0v) is 20.6. The first-order valence-corrected chi connectivity index (χ1v) is 12.8. The van der Waals surface area contributed by atoms with Gasteiger partial charge in [0.2, 0.25) is 5.91 Å². The second-order valence-electron chi connectivity index (χ2n) is 8.30. The number of carbonyl (C=O) groups is 1. The topological polar surface area (TPSA) is 75.7 Å². The number of amides is 1. The fourth-order valence-corrected chi connectivity index (χ4v) is 5.15. The van der Waals surface area contributed by atoms with Crippen LogP contribution in [0.2, 0.25) is 0 Å². The highest BCUT2D eigenvalue weighted by atomic mass is 32.2. The van der Waals surface area contributed by atoms with Crippen LogP contribution in [0.25, 0.3) is 10.8 Å².